The van der Waals surface area contributed by atoms with Crippen molar-refractivity contribution in [3.8, 4) is 22.2 Å². The minimum Gasteiger partial charge on any atom is -0.490 e. The average molecular weight is 412 g/mol. The predicted octanol–water partition coefficient (Wildman–Crippen LogP) is 4.28. The van der Waals surface area contributed by atoms with Gasteiger partial charge < -0.3 is 14.8 Å². The molecule has 0 fully saturated rings. The summed E-state index contributed by atoms with van der Waals surface area (Å²) in [6.45, 7) is 7.42. The molecule has 1 amide bonds. The first kappa shape index (κ1) is 20.8. The lowest BCUT2D eigenvalue weighted by Gasteiger charge is -2.12. The quantitative estimate of drug-likeness (QED) is 0.569. The topological polar surface area (TPSA) is 73.3 Å². The van der Waals surface area contributed by atoms with Crippen molar-refractivity contribution >= 4 is 17.2 Å². The highest BCUT2D eigenvalue weighted by Gasteiger charge is 2.16. The van der Waals surface area contributed by atoms with Crippen LogP contribution in [0.5, 0.6) is 11.5 Å². The molecule has 0 atom stereocenters. The van der Waals surface area contributed by atoms with Gasteiger partial charge >= 0.3 is 0 Å². The number of carbonyl (C=O) groups excluding carboxylic acids is 1. The average Bonchev–Trinajstić information content (AvgIpc) is 3.12. The first-order chi connectivity index (χ1) is 14.1. The number of aromatic nitrogens is 2. The number of thiazole rings is 1. The normalized spacial score (nSPS) is 10.6. The number of pyridine rings is 1. The first-order valence-corrected chi connectivity index (χ1v) is 10.5. The second-order valence-electron chi connectivity index (χ2n) is 6.30. The lowest BCUT2D eigenvalue weighted by atomic mass is 10.1. The molecule has 0 bridgehead atoms. The van der Waals surface area contributed by atoms with Gasteiger partial charge in [-0.3, -0.25) is 9.78 Å². The summed E-state index contributed by atoms with van der Waals surface area (Å²) >= 11 is 1.36. The van der Waals surface area contributed by atoms with Gasteiger partial charge in [-0.25, -0.2) is 4.98 Å². The van der Waals surface area contributed by atoms with Crippen LogP contribution in [0.15, 0.2) is 42.6 Å². The molecular formula is C22H25N3O3S. The van der Waals surface area contributed by atoms with Gasteiger partial charge in [-0.2, -0.15) is 0 Å². The summed E-state index contributed by atoms with van der Waals surface area (Å²) in [6.07, 6.45) is 2.42. The van der Waals surface area contributed by atoms with E-state index in [-0.39, 0.29) is 5.91 Å². The van der Waals surface area contributed by atoms with Gasteiger partial charge in [0.15, 0.2) is 11.5 Å². The van der Waals surface area contributed by atoms with Crippen LogP contribution in [0.3, 0.4) is 0 Å². The van der Waals surface area contributed by atoms with Crippen LogP contribution in [0.4, 0.5) is 0 Å². The third-order valence-corrected chi connectivity index (χ3v) is 5.37. The summed E-state index contributed by atoms with van der Waals surface area (Å²) < 4.78 is 11.3. The SMILES string of the molecule is CCOc1ccc(CCNC(=O)c2sc(-c3ccccn3)nc2C)cc1OCC. The molecule has 0 aliphatic carbocycles. The summed E-state index contributed by atoms with van der Waals surface area (Å²) in [5, 5.41) is 3.73. The Morgan fingerprint density at radius 2 is 1.90 bits per heavy atom. The van der Waals surface area contributed by atoms with Crippen molar-refractivity contribution in [2.45, 2.75) is 27.2 Å². The Bertz CT molecular complexity index is 957. The van der Waals surface area contributed by atoms with Gasteiger partial charge in [0.1, 0.15) is 9.88 Å². The maximum Gasteiger partial charge on any atom is 0.263 e. The molecule has 7 heteroatoms. The summed E-state index contributed by atoms with van der Waals surface area (Å²) in [5.74, 6) is 1.36. The zero-order chi connectivity index (χ0) is 20.6. The molecule has 0 saturated carbocycles. The van der Waals surface area contributed by atoms with E-state index in [4.69, 9.17) is 9.47 Å². The highest BCUT2D eigenvalue weighted by atomic mass is 32.1. The molecule has 0 unspecified atom stereocenters. The Morgan fingerprint density at radius 3 is 2.62 bits per heavy atom. The fourth-order valence-electron chi connectivity index (χ4n) is 2.86. The molecule has 3 aromatic rings. The van der Waals surface area contributed by atoms with Gasteiger partial charge in [0.2, 0.25) is 0 Å². The maximum atomic E-state index is 12.6. The molecule has 6 nitrogen and oxygen atoms in total. The summed E-state index contributed by atoms with van der Waals surface area (Å²) in [7, 11) is 0. The molecule has 0 saturated heterocycles. The molecule has 2 aromatic heterocycles. The number of nitrogens with zero attached hydrogens (tertiary/aromatic N) is 2. The van der Waals surface area contributed by atoms with Crippen molar-refractivity contribution in [2.75, 3.05) is 19.8 Å². The standard InChI is InChI=1S/C22H25N3O3S/c1-4-27-18-10-9-16(14-19(18)28-5-2)11-13-24-21(26)20-15(3)25-22(29-20)17-8-6-7-12-23-17/h6-10,12,14H,4-5,11,13H2,1-3H3,(H,24,26). The van der Waals surface area contributed by atoms with Crippen LogP contribution in [0.1, 0.15) is 34.8 Å². The third kappa shape index (κ3) is 5.32. The Kier molecular flexibility index (Phi) is 7.19. The zero-order valence-electron chi connectivity index (χ0n) is 16.9. The number of nitrogens with one attached hydrogen (secondary N) is 1. The van der Waals surface area contributed by atoms with Crippen LogP contribution in [0, 0.1) is 6.92 Å². The van der Waals surface area contributed by atoms with Crippen molar-refractivity contribution in [1.82, 2.24) is 15.3 Å². The van der Waals surface area contributed by atoms with Gasteiger partial charge in [-0.05, 0) is 57.0 Å². The number of ether oxygens (including phenoxy) is 2. The number of hydrogen-bond acceptors (Lipinski definition) is 6. The molecule has 0 aliphatic rings. The van der Waals surface area contributed by atoms with Gasteiger partial charge in [0, 0.05) is 12.7 Å². The van der Waals surface area contributed by atoms with Gasteiger partial charge in [0.25, 0.3) is 5.91 Å². The molecule has 2 heterocycles. The van der Waals surface area contributed by atoms with Crippen LogP contribution < -0.4 is 14.8 Å². The summed E-state index contributed by atoms with van der Waals surface area (Å²) in [5.41, 5.74) is 2.57. The number of aryl methyl sites for hydroxylation is 1. The van der Waals surface area contributed by atoms with Crippen LogP contribution >= 0.6 is 11.3 Å². The molecule has 29 heavy (non-hydrogen) atoms. The maximum absolute atomic E-state index is 12.6. The Balaban J connectivity index is 1.61. The molecule has 3 rings (SSSR count). The number of hydrogen-bond donors (Lipinski definition) is 1. The predicted molar refractivity (Wildman–Crippen MR) is 115 cm³/mol. The number of rotatable bonds is 9. The largest absolute Gasteiger partial charge is 0.490 e. The van der Waals surface area contributed by atoms with Crippen LogP contribution in [0.2, 0.25) is 0 Å². The van der Waals surface area contributed by atoms with Crippen LogP contribution in [0.25, 0.3) is 10.7 Å². The van der Waals surface area contributed by atoms with E-state index in [1.54, 1.807) is 6.20 Å². The van der Waals surface area contributed by atoms with E-state index < -0.39 is 0 Å². The Labute approximate surface area is 174 Å². The van der Waals surface area contributed by atoms with Crippen LogP contribution in [-0.4, -0.2) is 35.6 Å². The molecule has 152 valence electrons. The summed E-state index contributed by atoms with van der Waals surface area (Å²) in [6, 6.07) is 11.5. The zero-order valence-corrected chi connectivity index (χ0v) is 17.7. The highest BCUT2D eigenvalue weighted by molar-refractivity contribution is 7.17. The lowest BCUT2D eigenvalue weighted by molar-refractivity contribution is 0.0957. The third-order valence-electron chi connectivity index (χ3n) is 4.19. The van der Waals surface area contributed by atoms with Crippen molar-refractivity contribution in [3.05, 3.63) is 58.7 Å². The second-order valence-corrected chi connectivity index (χ2v) is 7.30. The molecule has 1 N–H and O–H groups in total. The molecule has 0 spiro atoms. The summed E-state index contributed by atoms with van der Waals surface area (Å²) in [4.78, 5) is 22.0. The van der Waals surface area contributed by atoms with E-state index in [0.717, 1.165) is 27.8 Å². The fourth-order valence-corrected chi connectivity index (χ4v) is 3.82. The second kappa shape index (κ2) is 10.0. The van der Waals surface area contributed by atoms with Gasteiger partial charge in [-0.1, -0.05) is 12.1 Å². The lowest BCUT2D eigenvalue weighted by Crippen LogP contribution is -2.25. The first-order valence-electron chi connectivity index (χ1n) is 9.68. The number of benzene rings is 1. The van der Waals surface area contributed by atoms with Gasteiger partial charge in [0.05, 0.1) is 24.6 Å². The molecule has 0 radical (unpaired) electrons. The van der Waals surface area contributed by atoms with Crippen molar-refractivity contribution in [3.63, 3.8) is 0 Å². The number of amides is 1. The van der Waals surface area contributed by atoms with E-state index in [0.29, 0.717) is 36.8 Å². The van der Waals surface area contributed by atoms with Gasteiger partial charge in [-0.15, -0.1) is 11.3 Å². The van der Waals surface area contributed by atoms with E-state index in [9.17, 15) is 4.79 Å². The van der Waals surface area contributed by atoms with E-state index in [1.807, 2.05) is 57.2 Å². The Hall–Kier alpha value is -2.93. The van der Waals surface area contributed by atoms with E-state index in [2.05, 4.69) is 15.3 Å². The highest BCUT2D eigenvalue weighted by Crippen LogP contribution is 2.29. The van der Waals surface area contributed by atoms with E-state index >= 15 is 0 Å². The minimum atomic E-state index is -0.113. The van der Waals surface area contributed by atoms with E-state index in [1.165, 1.54) is 11.3 Å². The van der Waals surface area contributed by atoms with Crippen LogP contribution in [-0.2, 0) is 6.42 Å². The Morgan fingerprint density at radius 1 is 1.10 bits per heavy atom. The van der Waals surface area contributed by atoms with Crippen molar-refractivity contribution in [1.29, 1.82) is 0 Å². The monoisotopic (exact) mass is 411 g/mol. The molecule has 1 aromatic carbocycles. The molecule has 0 aliphatic heterocycles. The number of carbonyl (C=O) groups is 1. The molecular weight excluding hydrogens is 386 g/mol. The fraction of sp³-hybridized carbons (Fsp3) is 0.318. The smallest absolute Gasteiger partial charge is 0.263 e. The van der Waals surface area contributed by atoms with Crippen molar-refractivity contribution < 1.29 is 14.3 Å². The minimum absolute atomic E-state index is 0.113. The van der Waals surface area contributed by atoms with Crippen molar-refractivity contribution in [2.24, 2.45) is 0 Å².